The van der Waals surface area contributed by atoms with Gasteiger partial charge in [-0.3, -0.25) is 9.48 Å². The van der Waals surface area contributed by atoms with E-state index in [2.05, 4.69) is 25.3 Å². The maximum absolute atomic E-state index is 12.7. The van der Waals surface area contributed by atoms with E-state index in [4.69, 9.17) is 9.15 Å². The molecule has 0 bridgehead atoms. The number of aryl methyl sites for hydroxylation is 1. The fourth-order valence-electron chi connectivity index (χ4n) is 3.95. The van der Waals surface area contributed by atoms with Gasteiger partial charge in [0, 0.05) is 32.6 Å². The topological polar surface area (TPSA) is 98.3 Å². The molecule has 1 unspecified atom stereocenters. The second-order valence-corrected chi connectivity index (χ2v) is 8.08. The Morgan fingerprint density at radius 2 is 2.24 bits per heavy atom. The maximum atomic E-state index is 12.7. The lowest BCUT2D eigenvalue weighted by Gasteiger charge is -2.41. The molecule has 1 atom stereocenters. The van der Waals surface area contributed by atoms with Crippen LogP contribution in [0.5, 0.6) is 0 Å². The van der Waals surface area contributed by atoms with Crippen molar-refractivity contribution in [3.05, 3.63) is 36.2 Å². The van der Waals surface area contributed by atoms with Gasteiger partial charge in [-0.2, -0.15) is 5.10 Å². The van der Waals surface area contributed by atoms with Crippen molar-refractivity contribution < 1.29 is 13.9 Å². The Morgan fingerprint density at radius 1 is 1.38 bits per heavy atom. The molecule has 1 saturated carbocycles. The van der Waals surface area contributed by atoms with Crippen LogP contribution in [0.15, 0.2) is 29.3 Å². The molecule has 152 valence electrons. The van der Waals surface area contributed by atoms with Crippen LogP contribution < -0.4 is 10.2 Å². The highest BCUT2D eigenvalue weighted by atomic mass is 16.5. The molecule has 3 aromatic rings. The first-order chi connectivity index (χ1) is 14.0. The van der Waals surface area contributed by atoms with Crippen molar-refractivity contribution in [3.8, 4) is 0 Å². The van der Waals surface area contributed by atoms with Crippen molar-refractivity contribution >= 4 is 22.8 Å². The van der Waals surface area contributed by atoms with Crippen LogP contribution in [0.3, 0.4) is 0 Å². The molecule has 29 heavy (non-hydrogen) atoms. The summed E-state index contributed by atoms with van der Waals surface area (Å²) in [6, 6.07) is 1.75. The lowest BCUT2D eigenvalue weighted by Crippen LogP contribution is -2.56. The van der Waals surface area contributed by atoms with Gasteiger partial charge in [0.2, 0.25) is 0 Å². The Bertz CT molecular complexity index is 1060. The number of hydrogen-bond donors (Lipinski definition) is 1. The van der Waals surface area contributed by atoms with Crippen molar-refractivity contribution in [3.63, 3.8) is 0 Å². The molecule has 5 rings (SSSR count). The highest BCUT2D eigenvalue weighted by Gasteiger charge is 2.35. The van der Waals surface area contributed by atoms with Crippen molar-refractivity contribution in [1.29, 1.82) is 0 Å². The number of carbonyl (C=O) groups is 1. The van der Waals surface area contributed by atoms with E-state index in [0.717, 1.165) is 42.0 Å². The first kappa shape index (κ1) is 18.1. The minimum atomic E-state index is -0.531. The molecule has 4 heterocycles. The molecule has 2 aliphatic rings. The number of furan rings is 1. The third-order valence-corrected chi connectivity index (χ3v) is 5.66. The van der Waals surface area contributed by atoms with Gasteiger partial charge in [-0.15, -0.1) is 0 Å². The third kappa shape index (κ3) is 3.35. The average Bonchev–Trinajstić information content (AvgIpc) is 3.33. The zero-order valence-corrected chi connectivity index (χ0v) is 16.6. The first-order valence-electron chi connectivity index (χ1n) is 9.91. The number of rotatable bonds is 5. The first-order valence-corrected chi connectivity index (χ1v) is 9.91. The zero-order chi connectivity index (χ0) is 20.0. The largest absolute Gasteiger partial charge is 0.468 e. The summed E-state index contributed by atoms with van der Waals surface area (Å²) >= 11 is 0. The number of morpholine rings is 1. The number of carbonyl (C=O) groups excluding carboxylic acids is 1. The molecule has 1 aliphatic carbocycles. The lowest BCUT2D eigenvalue weighted by atomic mass is 10.0. The van der Waals surface area contributed by atoms with Crippen molar-refractivity contribution in [2.75, 3.05) is 31.1 Å². The Hall–Kier alpha value is -2.94. The second kappa shape index (κ2) is 6.84. The van der Waals surface area contributed by atoms with Gasteiger partial charge in [0.25, 0.3) is 5.91 Å². The number of hydrogen-bond acceptors (Lipinski definition) is 7. The summed E-state index contributed by atoms with van der Waals surface area (Å²) < 4.78 is 13.3. The van der Waals surface area contributed by atoms with Crippen LogP contribution in [0.25, 0.3) is 11.0 Å². The highest BCUT2D eigenvalue weighted by molar-refractivity contribution is 5.95. The number of nitrogens with zero attached hydrogens (tertiary/aromatic N) is 5. The summed E-state index contributed by atoms with van der Waals surface area (Å²) in [7, 11) is 1.86. The molecule has 9 heteroatoms. The van der Waals surface area contributed by atoms with Crippen LogP contribution in [0, 0.1) is 0 Å². The second-order valence-electron chi connectivity index (χ2n) is 8.08. The van der Waals surface area contributed by atoms with Crippen LogP contribution in [0.2, 0.25) is 0 Å². The van der Waals surface area contributed by atoms with Crippen LogP contribution >= 0.6 is 0 Å². The molecule has 9 nitrogen and oxygen atoms in total. The fourth-order valence-corrected chi connectivity index (χ4v) is 3.95. The van der Waals surface area contributed by atoms with Crippen LogP contribution in [-0.4, -0.2) is 57.5 Å². The Morgan fingerprint density at radius 3 is 3.07 bits per heavy atom. The van der Waals surface area contributed by atoms with Gasteiger partial charge in [0.05, 0.1) is 30.0 Å². The summed E-state index contributed by atoms with van der Waals surface area (Å²) in [6.07, 6.45) is 7.12. The van der Waals surface area contributed by atoms with Gasteiger partial charge in [-0.1, -0.05) is 0 Å². The molecular formula is C20H24N6O3. The minimum absolute atomic E-state index is 0.112. The van der Waals surface area contributed by atoms with Gasteiger partial charge in [0.15, 0.2) is 5.65 Å². The normalized spacial score (nSPS) is 22.2. The number of ether oxygens (including phenoxy) is 1. The monoisotopic (exact) mass is 396 g/mol. The third-order valence-electron chi connectivity index (χ3n) is 5.66. The predicted molar refractivity (Wildman–Crippen MR) is 106 cm³/mol. The van der Waals surface area contributed by atoms with E-state index < -0.39 is 5.60 Å². The summed E-state index contributed by atoms with van der Waals surface area (Å²) in [5.74, 6) is 1.93. The molecule has 2 fully saturated rings. The van der Waals surface area contributed by atoms with Crippen LogP contribution in [-0.2, 0) is 11.8 Å². The molecule has 0 aromatic carbocycles. The van der Waals surface area contributed by atoms with E-state index >= 15 is 0 Å². The maximum Gasteiger partial charge on any atom is 0.254 e. The summed E-state index contributed by atoms with van der Waals surface area (Å²) in [5, 5.41) is 8.24. The molecule has 0 spiro atoms. The van der Waals surface area contributed by atoms with Gasteiger partial charge < -0.3 is 19.4 Å². The van der Waals surface area contributed by atoms with Gasteiger partial charge >= 0.3 is 0 Å². The van der Waals surface area contributed by atoms with E-state index in [1.54, 1.807) is 29.5 Å². The van der Waals surface area contributed by atoms with E-state index in [9.17, 15) is 4.79 Å². The molecule has 1 N–H and O–H groups in total. The van der Waals surface area contributed by atoms with Crippen LogP contribution in [0.1, 0.15) is 41.8 Å². The quantitative estimate of drug-likeness (QED) is 0.703. The Kier molecular flexibility index (Phi) is 4.27. The molecule has 0 radical (unpaired) electrons. The smallest absolute Gasteiger partial charge is 0.254 e. The lowest BCUT2D eigenvalue weighted by molar-refractivity contribution is -0.0394. The molecule has 1 saturated heterocycles. The number of fused-ring (bicyclic) bond motifs is 1. The summed E-state index contributed by atoms with van der Waals surface area (Å²) in [6.45, 7) is 4.29. The van der Waals surface area contributed by atoms with E-state index in [-0.39, 0.29) is 5.91 Å². The average molecular weight is 396 g/mol. The van der Waals surface area contributed by atoms with E-state index in [0.29, 0.717) is 31.2 Å². The molecular weight excluding hydrogens is 372 g/mol. The Balaban J connectivity index is 1.30. The number of anilines is 1. The van der Waals surface area contributed by atoms with E-state index in [1.807, 2.05) is 14.0 Å². The summed E-state index contributed by atoms with van der Waals surface area (Å²) in [5.41, 5.74) is 0.900. The molecule has 3 aromatic heterocycles. The van der Waals surface area contributed by atoms with E-state index in [1.165, 1.54) is 0 Å². The van der Waals surface area contributed by atoms with Crippen molar-refractivity contribution in [1.82, 2.24) is 25.1 Å². The number of aromatic nitrogens is 4. The van der Waals surface area contributed by atoms with Gasteiger partial charge in [-0.05, 0) is 25.8 Å². The minimum Gasteiger partial charge on any atom is -0.468 e. The number of nitrogens with one attached hydrogen (secondary N) is 1. The SMILES string of the molecule is Cn1ncc2c(N3CCOC(C)(CNC(=O)c4ccoc4C4CC4)C3)ncnc21. The van der Waals surface area contributed by atoms with Crippen molar-refractivity contribution in [2.24, 2.45) is 7.05 Å². The summed E-state index contributed by atoms with van der Waals surface area (Å²) in [4.78, 5) is 23.7. The number of amides is 1. The fraction of sp³-hybridized carbons (Fsp3) is 0.500. The standard InChI is InChI=1S/C20H24N6O3/c1-20(10-21-19(27)14-5-7-28-16(14)13-3-4-13)11-26(6-8-29-20)18-15-9-24-25(2)17(15)22-12-23-18/h5,7,9,12-13H,3-4,6,8,10-11H2,1-2H3,(H,21,27). The van der Waals surface area contributed by atoms with Gasteiger partial charge in [0.1, 0.15) is 23.5 Å². The van der Waals surface area contributed by atoms with Crippen LogP contribution in [0.4, 0.5) is 5.82 Å². The molecule has 1 aliphatic heterocycles. The van der Waals surface area contributed by atoms with Crippen molar-refractivity contribution in [2.45, 2.75) is 31.3 Å². The molecule has 1 amide bonds. The Labute approximate surface area is 168 Å². The van der Waals surface area contributed by atoms with Gasteiger partial charge in [-0.25, -0.2) is 9.97 Å². The predicted octanol–water partition coefficient (Wildman–Crippen LogP) is 1.86. The zero-order valence-electron chi connectivity index (χ0n) is 16.6. The highest BCUT2D eigenvalue weighted by Crippen LogP contribution is 2.42.